The highest BCUT2D eigenvalue weighted by Gasteiger charge is 2.21. The first-order chi connectivity index (χ1) is 25.6. The molecule has 10 rings (SSSR count). The molecule has 0 radical (unpaired) electrons. The Morgan fingerprint density at radius 1 is 0.346 bits per heavy atom. The van der Waals surface area contributed by atoms with Crippen LogP contribution in [0.2, 0.25) is 0 Å². The van der Waals surface area contributed by atoms with Crippen LogP contribution in [-0.4, -0.2) is 9.97 Å². The lowest BCUT2D eigenvalue weighted by atomic mass is 9.92. The Morgan fingerprint density at radius 3 is 1.12 bits per heavy atom. The quantitative estimate of drug-likeness (QED) is 0.165. The van der Waals surface area contributed by atoms with E-state index in [4.69, 9.17) is 9.97 Å². The third-order valence-electron chi connectivity index (χ3n) is 10.2. The SMILES string of the molecule is Cc1cccc(N(c2cc3ccc4cc(N(c5cccc(C)n5)c5cccc6ccccc56)cc5ccc(c2)c3c45)c2cccc3ccccc23)n1. The van der Waals surface area contributed by atoms with E-state index < -0.39 is 0 Å². The van der Waals surface area contributed by atoms with Gasteiger partial charge in [0, 0.05) is 33.5 Å². The van der Waals surface area contributed by atoms with Gasteiger partial charge in [-0.05, 0) is 118 Å². The summed E-state index contributed by atoms with van der Waals surface area (Å²) in [5.41, 5.74) is 6.32. The van der Waals surface area contributed by atoms with Crippen molar-refractivity contribution in [3.05, 3.63) is 181 Å². The zero-order valence-corrected chi connectivity index (χ0v) is 29.0. The molecule has 0 aliphatic heterocycles. The molecule has 52 heavy (non-hydrogen) atoms. The minimum Gasteiger partial charge on any atom is -0.294 e. The number of anilines is 6. The second kappa shape index (κ2) is 11.9. The fourth-order valence-electron chi connectivity index (χ4n) is 7.97. The topological polar surface area (TPSA) is 32.3 Å². The van der Waals surface area contributed by atoms with Crippen LogP contribution in [0.4, 0.5) is 34.4 Å². The van der Waals surface area contributed by atoms with Crippen molar-refractivity contribution in [3.63, 3.8) is 0 Å². The minimum absolute atomic E-state index is 0.895. The van der Waals surface area contributed by atoms with E-state index in [1.807, 2.05) is 0 Å². The average molecular weight is 667 g/mol. The Morgan fingerprint density at radius 2 is 0.712 bits per heavy atom. The summed E-state index contributed by atoms with van der Waals surface area (Å²) in [7, 11) is 0. The maximum atomic E-state index is 5.03. The average Bonchev–Trinajstić information content (AvgIpc) is 3.17. The lowest BCUT2D eigenvalue weighted by molar-refractivity contribution is 1.13. The zero-order valence-electron chi connectivity index (χ0n) is 29.0. The van der Waals surface area contributed by atoms with Crippen molar-refractivity contribution in [2.45, 2.75) is 13.8 Å². The van der Waals surface area contributed by atoms with Gasteiger partial charge in [0.15, 0.2) is 0 Å². The van der Waals surface area contributed by atoms with Crippen LogP contribution in [0.1, 0.15) is 11.4 Å². The van der Waals surface area contributed by atoms with Crippen LogP contribution >= 0.6 is 0 Å². The molecule has 2 heterocycles. The van der Waals surface area contributed by atoms with Crippen LogP contribution in [0.5, 0.6) is 0 Å². The van der Waals surface area contributed by atoms with E-state index in [0.717, 1.165) is 45.8 Å². The number of fused-ring (bicyclic) bond motifs is 2. The first-order valence-corrected chi connectivity index (χ1v) is 17.7. The molecule has 0 saturated heterocycles. The van der Waals surface area contributed by atoms with E-state index in [-0.39, 0.29) is 0 Å². The molecular weight excluding hydrogens is 633 g/mol. The first-order valence-electron chi connectivity index (χ1n) is 17.7. The third kappa shape index (κ3) is 4.91. The van der Waals surface area contributed by atoms with Gasteiger partial charge in [-0.1, -0.05) is 109 Å². The van der Waals surface area contributed by atoms with Crippen molar-refractivity contribution in [2.24, 2.45) is 0 Å². The van der Waals surface area contributed by atoms with E-state index in [9.17, 15) is 0 Å². The van der Waals surface area contributed by atoms with Crippen LogP contribution < -0.4 is 9.80 Å². The van der Waals surface area contributed by atoms with Gasteiger partial charge in [-0.2, -0.15) is 0 Å². The lowest BCUT2D eigenvalue weighted by Gasteiger charge is -2.28. The number of nitrogens with zero attached hydrogens (tertiary/aromatic N) is 4. The number of hydrogen-bond acceptors (Lipinski definition) is 4. The molecule has 4 heteroatoms. The molecule has 0 aliphatic rings. The molecule has 2 aromatic heterocycles. The predicted octanol–water partition coefficient (Wildman–Crippen LogP) is 13.2. The Balaban J connectivity index is 1.18. The third-order valence-corrected chi connectivity index (χ3v) is 10.2. The molecule has 0 spiro atoms. The van der Waals surface area contributed by atoms with E-state index in [2.05, 4.69) is 194 Å². The lowest BCUT2D eigenvalue weighted by Crippen LogP contribution is -2.13. The van der Waals surface area contributed by atoms with Crippen molar-refractivity contribution < 1.29 is 0 Å². The molecule has 0 N–H and O–H groups in total. The summed E-state index contributed by atoms with van der Waals surface area (Å²) in [4.78, 5) is 14.7. The second-order valence-electron chi connectivity index (χ2n) is 13.6. The monoisotopic (exact) mass is 666 g/mol. The molecule has 0 fully saturated rings. The number of aromatic nitrogens is 2. The molecule has 0 aliphatic carbocycles. The van der Waals surface area contributed by atoms with Crippen LogP contribution in [0, 0.1) is 13.8 Å². The summed E-state index contributed by atoms with van der Waals surface area (Å²) in [6.07, 6.45) is 0. The number of aryl methyl sites for hydroxylation is 2. The summed E-state index contributed by atoms with van der Waals surface area (Å²) in [5.74, 6) is 1.79. The molecule has 10 aromatic rings. The van der Waals surface area contributed by atoms with Crippen LogP contribution in [0.3, 0.4) is 0 Å². The standard InChI is InChI=1S/C48H34N4/c1-31-11-7-21-45(49-31)51(43-19-9-15-33-13-3-5-17-41(33)43)39-27-35-23-25-37-29-40(30-38-26-24-36(28-39)47(35)48(37)38)52(46-22-8-12-32(2)50-46)44-20-10-16-34-14-4-6-18-42(34)44/h3-30H,1-2H3. The van der Waals surface area contributed by atoms with Crippen LogP contribution in [-0.2, 0) is 0 Å². The van der Waals surface area contributed by atoms with Crippen molar-refractivity contribution in [1.29, 1.82) is 0 Å². The van der Waals surface area contributed by atoms with Gasteiger partial charge < -0.3 is 0 Å². The van der Waals surface area contributed by atoms with Gasteiger partial charge in [-0.15, -0.1) is 0 Å². The highest BCUT2D eigenvalue weighted by atomic mass is 15.2. The first kappa shape index (κ1) is 30.1. The number of hydrogen-bond donors (Lipinski definition) is 0. The van der Waals surface area contributed by atoms with E-state index in [1.165, 1.54) is 53.9 Å². The largest absolute Gasteiger partial charge is 0.294 e. The molecule has 0 amide bonds. The number of rotatable bonds is 6. The van der Waals surface area contributed by atoms with Crippen molar-refractivity contribution in [1.82, 2.24) is 9.97 Å². The minimum atomic E-state index is 0.895. The van der Waals surface area contributed by atoms with Crippen LogP contribution in [0.25, 0.3) is 53.9 Å². The summed E-state index contributed by atoms with van der Waals surface area (Å²) < 4.78 is 0. The van der Waals surface area contributed by atoms with Gasteiger partial charge in [0.05, 0.1) is 11.4 Å². The Hall–Kier alpha value is -6.78. The van der Waals surface area contributed by atoms with Crippen molar-refractivity contribution in [3.8, 4) is 0 Å². The van der Waals surface area contributed by atoms with Gasteiger partial charge >= 0.3 is 0 Å². The molecule has 0 bridgehead atoms. The predicted molar refractivity (Wildman–Crippen MR) is 220 cm³/mol. The Bertz CT molecular complexity index is 2690. The number of benzene rings is 8. The maximum Gasteiger partial charge on any atom is 0.137 e. The molecule has 0 atom stereocenters. The highest BCUT2D eigenvalue weighted by molar-refractivity contribution is 6.25. The zero-order chi connectivity index (χ0) is 34.8. The summed E-state index contributed by atoms with van der Waals surface area (Å²) in [6.45, 7) is 4.10. The Kier molecular flexibility index (Phi) is 6.90. The van der Waals surface area contributed by atoms with Gasteiger partial charge in [-0.3, -0.25) is 9.80 Å². The molecule has 246 valence electrons. The van der Waals surface area contributed by atoms with Crippen LogP contribution in [0.15, 0.2) is 170 Å². The molecule has 0 saturated carbocycles. The van der Waals surface area contributed by atoms with Crippen molar-refractivity contribution in [2.75, 3.05) is 9.80 Å². The summed E-state index contributed by atoms with van der Waals surface area (Å²) in [5, 5.41) is 12.1. The van der Waals surface area contributed by atoms with Gasteiger partial charge in [-0.25, -0.2) is 9.97 Å². The highest BCUT2D eigenvalue weighted by Crippen LogP contribution is 2.45. The fourth-order valence-corrected chi connectivity index (χ4v) is 7.97. The second-order valence-corrected chi connectivity index (χ2v) is 13.6. The normalized spacial score (nSPS) is 11.7. The summed E-state index contributed by atoms with van der Waals surface area (Å²) >= 11 is 0. The smallest absolute Gasteiger partial charge is 0.137 e. The van der Waals surface area contributed by atoms with E-state index in [1.54, 1.807) is 0 Å². The van der Waals surface area contributed by atoms with Gasteiger partial charge in [0.25, 0.3) is 0 Å². The molecular formula is C48H34N4. The van der Waals surface area contributed by atoms with Gasteiger partial charge in [0.1, 0.15) is 11.6 Å². The maximum absolute atomic E-state index is 5.03. The molecule has 4 nitrogen and oxygen atoms in total. The molecule has 8 aromatic carbocycles. The number of pyridine rings is 2. The summed E-state index contributed by atoms with van der Waals surface area (Å²) in [6, 6.07) is 61.0. The van der Waals surface area contributed by atoms with E-state index in [0.29, 0.717) is 0 Å². The van der Waals surface area contributed by atoms with Crippen molar-refractivity contribution >= 4 is 88.2 Å². The van der Waals surface area contributed by atoms with E-state index >= 15 is 0 Å². The Labute approximate surface area is 302 Å². The fraction of sp³-hybridized carbons (Fsp3) is 0.0417. The van der Waals surface area contributed by atoms with Gasteiger partial charge in [0.2, 0.25) is 0 Å². The molecule has 0 unspecified atom stereocenters.